The van der Waals surface area contributed by atoms with E-state index in [0.717, 1.165) is 38.3 Å². The minimum atomic E-state index is -0.400. The molecule has 136 valence electrons. The Bertz CT molecular complexity index is 834. The third-order valence-electron chi connectivity index (χ3n) is 4.79. The molecule has 1 amide bonds. The first-order valence-corrected chi connectivity index (χ1v) is 8.66. The van der Waals surface area contributed by atoms with Crippen LogP contribution in [0, 0.1) is 0 Å². The molecule has 2 fully saturated rings. The third-order valence-corrected chi connectivity index (χ3v) is 4.79. The van der Waals surface area contributed by atoms with E-state index in [1.807, 2.05) is 0 Å². The molecule has 2 saturated heterocycles. The van der Waals surface area contributed by atoms with Crippen LogP contribution in [0.15, 0.2) is 35.5 Å². The molecule has 2 aromatic heterocycles. The molecule has 1 unspecified atom stereocenters. The molecule has 9 nitrogen and oxygen atoms in total. The number of nitrogens with zero attached hydrogens (tertiary/aromatic N) is 4. The Labute approximate surface area is 149 Å². The molecule has 0 saturated carbocycles. The molecule has 2 aromatic rings. The number of rotatable bonds is 4. The summed E-state index contributed by atoms with van der Waals surface area (Å²) in [5.41, 5.74) is -0.336. The second-order valence-corrected chi connectivity index (χ2v) is 6.76. The summed E-state index contributed by atoms with van der Waals surface area (Å²) in [6.45, 7) is 1.94. The number of nitrogens with one attached hydrogen (secondary N) is 2. The predicted molar refractivity (Wildman–Crippen MR) is 92.9 cm³/mol. The van der Waals surface area contributed by atoms with Crippen LogP contribution in [0.2, 0.25) is 0 Å². The molecule has 2 aliphatic heterocycles. The van der Waals surface area contributed by atoms with Gasteiger partial charge in [-0.3, -0.25) is 9.59 Å². The second-order valence-electron chi connectivity index (χ2n) is 6.76. The molecule has 0 radical (unpaired) electrons. The fraction of sp³-hybridized carbons (Fsp3) is 0.471. The van der Waals surface area contributed by atoms with Crippen molar-refractivity contribution in [2.45, 2.75) is 31.0 Å². The minimum absolute atomic E-state index is 0.0403. The van der Waals surface area contributed by atoms with E-state index in [4.69, 9.17) is 4.74 Å². The zero-order valence-electron chi connectivity index (χ0n) is 14.2. The molecule has 0 aromatic carbocycles. The highest BCUT2D eigenvalue weighted by atomic mass is 16.5. The minimum Gasteiger partial charge on any atom is -0.366 e. The number of hydrogen-bond acceptors (Lipinski definition) is 7. The summed E-state index contributed by atoms with van der Waals surface area (Å²) in [6, 6.07) is 3.03. The van der Waals surface area contributed by atoms with Crippen molar-refractivity contribution >= 4 is 11.9 Å². The van der Waals surface area contributed by atoms with E-state index < -0.39 is 5.56 Å². The summed E-state index contributed by atoms with van der Waals surface area (Å²) in [5.74, 6) is 0.402. The Hall–Kier alpha value is -2.81. The molecule has 1 atom stereocenters. The number of aromatic amines is 1. The Morgan fingerprint density at radius 3 is 2.96 bits per heavy atom. The summed E-state index contributed by atoms with van der Waals surface area (Å²) in [6.07, 6.45) is 7.71. The number of amides is 1. The number of ether oxygens (including phenoxy) is 1. The lowest BCUT2D eigenvalue weighted by Gasteiger charge is -2.53. The molecule has 0 aliphatic carbocycles. The monoisotopic (exact) mass is 356 g/mol. The van der Waals surface area contributed by atoms with Gasteiger partial charge in [-0.25, -0.2) is 15.1 Å². The van der Waals surface area contributed by atoms with Gasteiger partial charge in [0.05, 0.1) is 31.0 Å². The molecule has 9 heteroatoms. The van der Waals surface area contributed by atoms with E-state index >= 15 is 0 Å². The van der Waals surface area contributed by atoms with Crippen LogP contribution in [0.4, 0.5) is 5.95 Å². The van der Waals surface area contributed by atoms with Gasteiger partial charge in [-0.05, 0) is 25.3 Å². The molecule has 0 bridgehead atoms. The Kier molecular flexibility index (Phi) is 4.37. The van der Waals surface area contributed by atoms with Gasteiger partial charge in [0, 0.05) is 25.0 Å². The first kappa shape index (κ1) is 16.6. The Balaban J connectivity index is 1.31. The molecule has 2 N–H and O–H groups in total. The number of anilines is 1. The first-order valence-electron chi connectivity index (χ1n) is 8.66. The molecule has 1 spiro atoms. The smallest absolute Gasteiger partial charge is 0.264 e. The van der Waals surface area contributed by atoms with Crippen molar-refractivity contribution < 1.29 is 9.53 Å². The molecular formula is C17H20N6O3. The maximum Gasteiger partial charge on any atom is 0.264 e. The SMILES string of the molecule is O=C(NCC1CCCC2(CN(c3ncccn3)C2)O1)c1cn[nH]c(=O)c1. The molecule has 4 heterocycles. The third kappa shape index (κ3) is 3.43. The van der Waals surface area contributed by atoms with Gasteiger partial charge in [0.15, 0.2) is 0 Å². The average molecular weight is 356 g/mol. The number of H-pyrrole nitrogens is 1. The summed E-state index contributed by atoms with van der Waals surface area (Å²) >= 11 is 0. The number of carbonyl (C=O) groups excluding carboxylic acids is 1. The van der Waals surface area contributed by atoms with Crippen molar-refractivity contribution in [3.63, 3.8) is 0 Å². The van der Waals surface area contributed by atoms with Gasteiger partial charge >= 0.3 is 0 Å². The maximum absolute atomic E-state index is 12.1. The van der Waals surface area contributed by atoms with Crippen LogP contribution in [0.25, 0.3) is 0 Å². The molecule has 2 aliphatic rings. The van der Waals surface area contributed by atoms with E-state index in [-0.39, 0.29) is 23.2 Å². The number of carbonyl (C=O) groups is 1. The van der Waals surface area contributed by atoms with Crippen molar-refractivity contribution in [1.82, 2.24) is 25.5 Å². The largest absolute Gasteiger partial charge is 0.366 e. The standard InChI is InChI=1S/C17H20N6O3/c24-14-7-12(8-21-22-14)15(25)20-9-13-3-1-4-17(26-13)10-23(11-17)16-18-5-2-6-19-16/h2,5-8,13H,1,3-4,9-11H2,(H,20,25)(H,22,24). The van der Waals surface area contributed by atoms with Crippen LogP contribution in [-0.2, 0) is 4.74 Å². The van der Waals surface area contributed by atoms with Crippen molar-refractivity contribution in [2.75, 3.05) is 24.5 Å². The first-order chi connectivity index (χ1) is 12.6. The van der Waals surface area contributed by atoms with Crippen LogP contribution < -0.4 is 15.8 Å². The van der Waals surface area contributed by atoms with E-state index in [0.29, 0.717) is 6.54 Å². The fourth-order valence-electron chi connectivity index (χ4n) is 3.55. The lowest BCUT2D eigenvalue weighted by molar-refractivity contribution is -0.139. The maximum atomic E-state index is 12.1. The normalized spacial score (nSPS) is 21.2. The zero-order chi connectivity index (χ0) is 18.0. The summed E-state index contributed by atoms with van der Waals surface area (Å²) in [5, 5.41) is 8.72. The highest BCUT2D eigenvalue weighted by Gasteiger charge is 2.48. The van der Waals surface area contributed by atoms with Gasteiger partial charge in [0.2, 0.25) is 5.95 Å². The number of hydrogen-bond donors (Lipinski definition) is 2. The van der Waals surface area contributed by atoms with Crippen LogP contribution in [-0.4, -0.2) is 57.4 Å². The van der Waals surface area contributed by atoms with Gasteiger partial charge in [0.25, 0.3) is 11.5 Å². The lowest BCUT2D eigenvalue weighted by atomic mass is 9.85. The van der Waals surface area contributed by atoms with Crippen LogP contribution >= 0.6 is 0 Å². The van der Waals surface area contributed by atoms with Gasteiger partial charge in [-0.2, -0.15) is 5.10 Å². The molecular weight excluding hydrogens is 336 g/mol. The van der Waals surface area contributed by atoms with Crippen molar-refractivity contribution in [3.05, 3.63) is 46.6 Å². The van der Waals surface area contributed by atoms with E-state index in [2.05, 4.69) is 30.4 Å². The van der Waals surface area contributed by atoms with E-state index in [9.17, 15) is 9.59 Å². The summed E-state index contributed by atoms with van der Waals surface area (Å²) < 4.78 is 6.28. The molecule has 4 rings (SSSR count). The topological polar surface area (TPSA) is 113 Å². The highest BCUT2D eigenvalue weighted by molar-refractivity contribution is 5.93. The van der Waals surface area contributed by atoms with Crippen LogP contribution in [0.1, 0.15) is 29.6 Å². The highest BCUT2D eigenvalue weighted by Crippen LogP contribution is 2.37. The number of aromatic nitrogens is 4. The van der Waals surface area contributed by atoms with Gasteiger partial charge in [-0.1, -0.05) is 0 Å². The van der Waals surface area contributed by atoms with Crippen molar-refractivity contribution in [3.8, 4) is 0 Å². The van der Waals surface area contributed by atoms with Crippen molar-refractivity contribution in [1.29, 1.82) is 0 Å². The van der Waals surface area contributed by atoms with Crippen LogP contribution in [0.3, 0.4) is 0 Å². The van der Waals surface area contributed by atoms with Crippen molar-refractivity contribution in [2.24, 2.45) is 0 Å². The van der Waals surface area contributed by atoms with Gasteiger partial charge in [-0.15, -0.1) is 0 Å². The second kappa shape index (κ2) is 6.83. The summed E-state index contributed by atoms with van der Waals surface area (Å²) in [4.78, 5) is 34.0. The predicted octanol–water partition coefficient (Wildman–Crippen LogP) is 0.118. The lowest BCUT2D eigenvalue weighted by Crippen LogP contribution is -2.66. The fourth-order valence-corrected chi connectivity index (χ4v) is 3.55. The van der Waals surface area contributed by atoms with Crippen LogP contribution in [0.5, 0.6) is 0 Å². The molecule has 26 heavy (non-hydrogen) atoms. The quantitative estimate of drug-likeness (QED) is 0.800. The van der Waals surface area contributed by atoms with E-state index in [1.54, 1.807) is 18.5 Å². The summed E-state index contributed by atoms with van der Waals surface area (Å²) in [7, 11) is 0. The zero-order valence-corrected chi connectivity index (χ0v) is 14.2. The van der Waals surface area contributed by atoms with E-state index in [1.165, 1.54) is 12.3 Å². The van der Waals surface area contributed by atoms with Gasteiger partial charge in [0.1, 0.15) is 5.60 Å². The Morgan fingerprint density at radius 1 is 1.38 bits per heavy atom. The Morgan fingerprint density at radius 2 is 2.19 bits per heavy atom. The average Bonchev–Trinajstić information content (AvgIpc) is 2.65. The van der Waals surface area contributed by atoms with Gasteiger partial charge < -0.3 is 15.0 Å².